The van der Waals surface area contributed by atoms with Crippen LogP contribution >= 0.6 is 0 Å². The van der Waals surface area contributed by atoms with Crippen LogP contribution in [0.15, 0.2) is 12.1 Å². The van der Waals surface area contributed by atoms with E-state index in [0.717, 1.165) is 11.1 Å². The Kier molecular flexibility index (Phi) is 2.77. The molecule has 0 aromatic heterocycles. The molecular weight excluding hydrogens is 188 g/mol. The van der Waals surface area contributed by atoms with Gasteiger partial charge in [-0.05, 0) is 37.1 Å². The molecule has 0 aliphatic rings. The molecule has 0 aliphatic carbocycles. The number of rotatable bonds is 2. The number of thiol groups is 1. The molecule has 4 nitrogen and oxygen atoms in total. The summed E-state index contributed by atoms with van der Waals surface area (Å²) >= 11 is 0. The van der Waals surface area contributed by atoms with Crippen LogP contribution in [0.3, 0.4) is 0 Å². The molecule has 1 aromatic rings. The minimum absolute atomic E-state index is 0.556. The maximum Gasteiger partial charge on any atom is 0.222 e. The van der Waals surface area contributed by atoms with Gasteiger partial charge in [-0.2, -0.15) is 0 Å². The second-order valence-corrected chi connectivity index (χ2v) is 3.63. The molecule has 5 heteroatoms. The third kappa shape index (κ3) is 2.35. The molecule has 0 fully saturated rings. The normalized spacial score (nSPS) is 10.4. The molecule has 13 heavy (non-hydrogen) atoms. The lowest BCUT2D eigenvalue weighted by atomic mass is 10.1. The summed E-state index contributed by atoms with van der Waals surface area (Å²) in [5.74, 6) is 0. The lowest BCUT2D eigenvalue weighted by Gasteiger charge is -2.07. The Morgan fingerprint density at radius 2 is 1.69 bits per heavy atom. The average molecular weight is 200 g/mol. The Balaban J connectivity index is 3.13. The molecule has 0 amide bonds. The van der Waals surface area contributed by atoms with E-state index in [4.69, 9.17) is 5.73 Å². The number of hydrogen-bond acceptors (Lipinski definition) is 3. The standard InChI is InChI=1S/C8H12N2O2S/c1-5-3-7(10-13(11)12)4-6(2)8(5)9/h3-4,13H,9H2,1-2H3,(H,10,11,12). The average Bonchev–Trinajstić information content (AvgIpc) is 1.98. The van der Waals surface area contributed by atoms with Gasteiger partial charge in [0.05, 0.1) is 0 Å². The summed E-state index contributed by atoms with van der Waals surface area (Å²) in [5.41, 5.74) is 8.71. The predicted molar refractivity (Wildman–Crippen MR) is 54.3 cm³/mol. The number of nitrogens with one attached hydrogen (secondary N) is 1. The zero-order valence-electron chi connectivity index (χ0n) is 7.50. The van der Waals surface area contributed by atoms with Crippen LogP contribution in [0.1, 0.15) is 11.1 Å². The van der Waals surface area contributed by atoms with Gasteiger partial charge in [0.1, 0.15) is 0 Å². The molecular formula is C8H12N2O2S. The van der Waals surface area contributed by atoms with Crippen molar-refractivity contribution in [3.05, 3.63) is 23.3 Å². The van der Waals surface area contributed by atoms with Crippen LogP contribution < -0.4 is 10.5 Å². The molecule has 0 bridgehead atoms. The van der Waals surface area contributed by atoms with E-state index in [2.05, 4.69) is 4.72 Å². The molecule has 1 rings (SSSR count). The number of benzene rings is 1. The first-order chi connectivity index (χ1) is 6.00. The fourth-order valence-corrected chi connectivity index (χ4v) is 1.48. The third-order valence-electron chi connectivity index (χ3n) is 1.81. The minimum atomic E-state index is -2.60. The molecule has 0 saturated heterocycles. The summed E-state index contributed by atoms with van der Waals surface area (Å²) in [6.07, 6.45) is 0. The summed E-state index contributed by atoms with van der Waals surface area (Å²) in [6, 6.07) is 3.40. The van der Waals surface area contributed by atoms with Gasteiger partial charge < -0.3 is 5.73 Å². The van der Waals surface area contributed by atoms with E-state index in [0.29, 0.717) is 11.4 Å². The molecule has 0 saturated carbocycles. The zero-order valence-corrected chi connectivity index (χ0v) is 8.39. The van der Waals surface area contributed by atoms with Crippen LogP contribution in [0.25, 0.3) is 0 Å². The second-order valence-electron chi connectivity index (χ2n) is 2.89. The Morgan fingerprint density at radius 1 is 1.23 bits per heavy atom. The summed E-state index contributed by atoms with van der Waals surface area (Å²) in [6.45, 7) is 3.68. The van der Waals surface area contributed by atoms with Crippen LogP contribution in [0.4, 0.5) is 11.4 Å². The van der Waals surface area contributed by atoms with Gasteiger partial charge in [0, 0.05) is 11.4 Å². The Bertz CT molecular complexity index is 368. The van der Waals surface area contributed by atoms with Gasteiger partial charge in [0.15, 0.2) is 0 Å². The molecule has 72 valence electrons. The van der Waals surface area contributed by atoms with Gasteiger partial charge in [0.2, 0.25) is 10.9 Å². The quantitative estimate of drug-likeness (QED) is 0.489. The molecule has 3 N–H and O–H groups in total. The topological polar surface area (TPSA) is 72.2 Å². The Labute approximate surface area is 78.8 Å². The van der Waals surface area contributed by atoms with E-state index in [1.54, 1.807) is 12.1 Å². The highest BCUT2D eigenvalue weighted by molar-refractivity contribution is 7.73. The molecule has 1 aromatic carbocycles. The minimum Gasteiger partial charge on any atom is -0.398 e. The summed E-state index contributed by atoms with van der Waals surface area (Å²) < 4.78 is 23.1. The van der Waals surface area contributed by atoms with Crippen molar-refractivity contribution in [2.45, 2.75) is 13.8 Å². The number of nitrogen functional groups attached to an aromatic ring is 1. The van der Waals surface area contributed by atoms with E-state index in [1.165, 1.54) is 0 Å². The van der Waals surface area contributed by atoms with Crippen molar-refractivity contribution >= 4 is 22.3 Å². The van der Waals surface area contributed by atoms with Crippen molar-refractivity contribution in [2.24, 2.45) is 0 Å². The molecule has 0 aliphatic heterocycles. The first kappa shape index (κ1) is 9.85. The maximum atomic E-state index is 10.4. The van der Waals surface area contributed by atoms with E-state index in [1.807, 2.05) is 13.8 Å². The van der Waals surface area contributed by atoms with Crippen LogP contribution in [-0.4, -0.2) is 8.42 Å². The summed E-state index contributed by atoms with van der Waals surface area (Å²) in [4.78, 5) is 0. The number of nitrogens with two attached hydrogens (primary N) is 1. The monoisotopic (exact) mass is 200 g/mol. The van der Waals surface area contributed by atoms with Crippen molar-refractivity contribution in [2.75, 3.05) is 10.5 Å². The van der Waals surface area contributed by atoms with Crippen LogP contribution in [0, 0.1) is 13.8 Å². The van der Waals surface area contributed by atoms with E-state index >= 15 is 0 Å². The van der Waals surface area contributed by atoms with Crippen molar-refractivity contribution in [1.82, 2.24) is 0 Å². The van der Waals surface area contributed by atoms with Crippen molar-refractivity contribution in [1.29, 1.82) is 0 Å². The van der Waals surface area contributed by atoms with E-state index < -0.39 is 10.9 Å². The SMILES string of the molecule is Cc1cc(N[SH](=O)=O)cc(C)c1N. The summed E-state index contributed by atoms with van der Waals surface area (Å²) in [5, 5.41) is 0. The van der Waals surface area contributed by atoms with Crippen LogP contribution in [0.2, 0.25) is 0 Å². The van der Waals surface area contributed by atoms with Crippen molar-refractivity contribution < 1.29 is 8.42 Å². The number of anilines is 2. The largest absolute Gasteiger partial charge is 0.398 e. The Hall–Kier alpha value is -1.23. The molecule has 0 radical (unpaired) electrons. The summed E-state index contributed by atoms with van der Waals surface area (Å²) in [7, 11) is -2.60. The molecule has 0 heterocycles. The fraction of sp³-hybridized carbons (Fsp3) is 0.250. The van der Waals surface area contributed by atoms with Gasteiger partial charge in [-0.3, -0.25) is 4.72 Å². The number of hydrogen-bond donors (Lipinski definition) is 3. The maximum absolute atomic E-state index is 10.4. The van der Waals surface area contributed by atoms with Gasteiger partial charge in [-0.25, -0.2) is 8.42 Å². The van der Waals surface area contributed by atoms with Gasteiger partial charge in [0.25, 0.3) is 0 Å². The van der Waals surface area contributed by atoms with Crippen molar-refractivity contribution in [3.8, 4) is 0 Å². The highest BCUT2D eigenvalue weighted by Gasteiger charge is 2.00. The molecule has 0 unspecified atom stereocenters. The Morgan fingerprint density at radius 3 is 2.08 bits per heavy atom. The van der Waals surface area contributed by atoms with E-state index in [-0.39, 0.29) is 0 Å². The van der Waals surface area contributed by atoms with Gasteiger partial charge in [-0.15, -0.1) is 0 Å². The van der Waals surface area contributed by atoms with Crippen LogP contribution in [-0.2, 0) is 10.9 Å². The smallest absolute Gasteiger partial charge is 0.222 e. The van der Waals surface area contributed by atoms with Crippen LogP contribution in [0.5, 0.6) is 0 Å². The third-order valence-corrected chi connectivity index (χ3v) is 2.25. The van der Waals surface area contributed by atoms with Crippen molar-refractivity contribution in [3.63, 3.8) is 0 Å². The lowest BCUT2D eigenvalue weighted by Crippen LogP contribution is -1.99. The molecule has 0 atom stereocenters. The fourth-order valence-electron chi connectivity index (χ4n) is 1.14. The highest BCUT2D eigenvalue weighted by Crippen LogP contribution is 2.21. The first-order valence-corrected chi connectivity index (χ1v) is 4.96. The lowest BCUT2D eigenvalue weighted by molar-refractivity contribution is 0.619. The number of aryl methyl sites for hydroxylation is 2. The highest BCUT2D eigenvalue weighted by atomic mass is 32.2. The second kappa shape index (κ2) is 3.66. The molecule has 0 spiro atoms. The van der Waals surface area contributed by atoms with E-state index in [9.17, 15) is 8.42 Å². The van der Waals surface area contributed by atoms with Gasteiger partial charge >= 0.3 is 0 Å². The van der Waals surface area contributed by atoms with Gasteiger partial charge in [-0.1, -0.05) is 0 Å². The first-order valence-electron chi connectivity index (χ1n) is 3.78. The zero-order chi connectivity index (χ0) is 10.0. The predicted octanol–water partition coefficient (Wildman–Crippen LogP) is 0.824.